The van der Waals surface area contributed by atoms with Crippen LogP contribution in [0.15, 0.2) is 18.2 Å². The lowest BCUT2D eigenvalue weighted by Gasteiger charge is -2.26. The molecule has 1 atom stereocenters. The van der Waals surface area contributed by atoms with Crippen LogP contribution in [0.25, 0.3) is 0 Å². The third-order valence-corrected chi connectivity index (χ3v) is 3.18. The Kier molecular flexibility index (Phi) is 5.56. The number of anilines is 1. The molecule has 0 spiro atoms. The summed E-state index contributed by atoms with van der Waals surface area (Å²) < 4.78 is 13.4. The smallest absolute Gasteiger partial charge is 0.123 e. The minimum atomic E-state index is -0.183. The second kappa shape index (κ2) is 6.71. The van der Waals surface area contributed by atoms with Crippen LogP contribution in [0, 0.1) is 5.82 Å². The summed E-state index contributed by atoms with van der Waals surface area (Å²) >= 11 is 0. The zero-order chi connectivity index (χ0) is 13.7. The van der Waals surface area contributed by atoms with E-state index in [1.807, 2.05) is 27.1 Å². The molecule has 1 rings (SSSR count). The summed E-state index contributed by atoms with van der Waals surface area (Å²) in [7, 11) is 8.03. The lowest BCUT2D eigenvalue weighted by atomic mass is 10.1. The van der Waals surface area contributed by atoms with Crippen LogP contribution in [-0.2, 0) is 0 Å². The van der Waals surface area contributed by atoms with Crippen molar-refractivity contribution in [2.75, 3.05) is 46.2 Å². The minimum absolute atomic E-state index is 0.137. The molecule has 0 saturated carbocycles. The van der Waals surface area contributed by atoms with Crippen LogP contribution in [0.1, 0.15) is 18.5 Å². The van der Waals surface area contributed by atoms with Crippen molar-refractivity contribution in [3.8, 4) is 0 Å². The molecule has 0 aliphatic carbocycles. The fraction of sp³-hybridized carbons (Fsp3) is 0.571. The molecule has 1 aromatic carbocycles. The van der Waals surface area contributed by atoms with E-state index in [4.69, 9.17) is 0 Å². The van der Waals surface area contributed by atoms with Gasteiger partial charge in [-0.05, 0) is 51.8 Å². The summed E-state index contributed by atoms with van der Waals surface area (Å²) in [5.74, 6) is -0.183. The topological polar surface area (TPSA) is 18.5 Å². The molecule has 1 unspecified atom stereocenters. The quantitative estimate of drug-likeness (QED) is 0.837. The van der Waals surface area contributed by atoms with Crippen molar-refractivity contribution in [3.05, 3.63) is 29.6 Å². The zero-order valence-corrected chi connectivity index (χ0v) is 12.0. The van der Waals surface area contributed by atoms with Gasteiger partial charge >= 0.3 is 0 Å². The van der Waals surface area contributed by atoms with Crippen molar-refractivity contribution >= 4 is 5.69 Å². The van der Waals surface area contributed by atoms with E-state index in [1.54, 1.807) is 6.07 Å². The van der Waals surface area contributed by atoms with Crippen molar-refractivity contribution < 1.29 is 4.39 Å². The van der Waals surface area contributed by atoms with Gasteiger partial charge in [0.1, 0.15) is 5.82 Å². The normalized spacial score (nSPS) is 12.8. The molecular formula is C14H24FN3. The number of nitrogens with zero attached hydrogens (tertiary/aromatic N) is 2. The Morgan fingerprint density at radius 2 is 1.89 bits per heavy atom. The molecule has 1 aromatic rings. The van der Waals surface area contributed by atoms with Crippen LogP contribution in [-0.4, -0.2) is 46.2 Å². The summed E-state index contributed by atoms with van der Waals surface area (Å²) in [5, 5.41) is 3.16. The van der Waals surface area contributed by atoms with Gasteiger partial charge < -0.3 is 15.1 Å². The van der Waals surface area contributed by atoms with Gasteiger partial charge in [-0.2, -0.15) is 0 Å². The largest absolute Gasteiger partial charge is 0.373 e. The molecule has 4 heteroatoms. The molecule has 0 aliphatic rings. The van der Waals surface area contributed by atoms with Crippen LogP contribution in [0.5, 0.6) is 0 Å². The summed E-state index contributed by atoms with van der Waals surface area (Å²) in [6, 6.07) is 5.13. The standard InChI is InChI=1S/C14H24FN3/c1-11(16-2)13-10-12(15)6-7-14(13)18(5)9-8-17(3)4/h6-7,10-11,16H,8-9H2,1-5H3. The molecule has 0 bridgehead atoms. The highest BCUT2D eigenvalue weighted by Crippen LogP contribution is 2.26. The Morgan fingerprint density at radius 1 is 1.22 bits per heavy atom. The molecule has 102 valence electrons. The van der Waals surface area contributed by atoms with Crippen LogP contribution in [0.2, 0.25) is 0 Å². The van der Waals surface area contributed by atoms with Crippen molar-refractivity contribution in [1.29, 1.82) is 0 Å². The Morgan fingerprint density at radius 3 is 2.44 bits per heavy atom. The SMILES string of the molecule is CNC(C)c1cc(F)ccc1N(C)CCN(C)C. The number of likely N-dealkylation sites (N-methyl/N-ethyl adjacent to an activating group) is 2. The van der Waals surface area contributed by atoms with Gasteiger partial charge in [0.15, 0.2) is 0 Å². The van der Waals surface area contributed by atoms with Gasteiger partial charge in [-0.25, -0.2) is 4.39 Å². The summed E-state index contributed by atoms with van der Waals surface area (Å²) in [6.45, 7) is 3.93. The van der Waals surface area contributed by atoms with Crippen LogP contribution in [0.4, 0.5) is 10.1 Å². The molecule has 18 heavy (non-hydrogen) atoms. The van der Waals surface area contributed by atoms with E-state index in [0.717, 1.165) is 24.3 Å². The Bertz CT molecular complexity index is 379. The highest BCUT2D eigenvalue weighted by atomic mass is 19.1. The van der Waals surface area contributed by atoms with Gasteiger partial charge in [0.2, 0.25) is 0 Å². The molecule has 0 aromatic heterocycles. The maximum atomic E-state index is 13.4. The number of halogens is 1. The average Bonchev–Trinajstić information content (AvgIpc) is 2.34. The predicted octanol–water partition coefficient (Wildman–Crippen LogP) is 2.10. The second-order valence-corrected chi connectivity index (χ2v) is 4.94. The van der Waals surface area contributed by atoms with Crippen molar-refractivity contribution in [2.45, 2.75) is 13.0 Å². The van der Waals surface area contributed by atoms with E-state index in [9.17, 15) is 4.39 Å². The molecule has 0 aliphatic heterocycles. The van der Waals surface area contributed by atoms with E-state index in [1.165, 1.54) is 6.07 Å². The first kappa shape index (κ1) is 14.9. The summed E-state index contributed by atoms with van der Waals surface area (Å²) in [5.41, 5.74) is 2.08. The van der Waals surface area contributed by atoms with E-state index in [0.29, 0.717) is 0 Å². The lowest BCUT2D eigenvalue weighted by Crippen LogP contribution is -2.30. The Labute approximate surface area is 110 Å². The Balaban J connectivity index is 2.92. The number of nitrogens with one attached hydrogen (secondary N) is 1. The maximum Gasteiger partial charge on any atom is 0.123 e. The molecule has 0 amide bonds. The van der Waals surface area contributed by atoms with Gasteiger partial charge in [0.25, 0.3) is 0 Å². The van der Waals surface area contributed by atoms with Gasteiger partial charge in [0.05, 0.1) is 0 Å². The molecule has 1 N–H and O–H groups in total. The third kappa shape index (κ3) is 3.96. The number of rotatable bonds is 6. The van der Waals surface area contributed by atoms with Crippen molar-refractivity contribution in [2.24, 2.45) is 0 Å². The number of benzene rings is 1. The van der Waals surface area contributed by atoms with Crippen LogP contribution in [0.3, 0.4) is 0 Å². The fourth-order valence-corrected chi connectivity index (χ4v) is 1.85. The summed E-state index contributed by atoms with van der Waals surface area (Å²) in [4.78, 5) is 4.31. The van der Waals surface area contributed by atoms with E-state index < -0.39 is 0 Å². The highest BCUT2D eigenvalue weighted by Gasteiger charge is 2.13. The van der Waals surface area contributed by atoms with E-state index >= 15 is 0 Å². The van der Waals surface area contributed by atoms with Gasteiger partial charge in [-0.15, -0.1) is 0 Å². The Hall–Kier alpha value is -1.13. The maximum absolute atomic E-state index is 13.4. The first-order chi connectivity index (χ1) is 8.45. The molecular weight excluding hydrogens is 229 g/mol. The first-order valence-electron chi connectivity index (χ1n) is 6.28. The molecule has 0 fully saturated rings. The van der Waals surface area contributed by atoms with Crippen molar-refractivity contribution in [3.63, 3.8) is 0 Å². The average molecular weight is 253 g/mol. The lowest BCUT2D eigenvalue weighted by molar-refractivity contribution is 0.416. The fourth-order valence-electron chi connectivity index (χ4n) is 1.85. The van der Waals surface area contributed by atoms with Gasteiger partial charge in [-0.1, -0.05) is 0 Å². The predicted molar refractivity (Wildman–Crippen MR) is 75.7 cm³/mol. The zero-order valence-electron chi connectivity index (χ0n) is 12.0. The minimum Gasteiger partial charge on any atom is -0.373 e. The molecule has 3 nitrogen and oxygen atoms in total. The van der Waals surface area contributed by atoms with E-state index in [2.05, 4.69) is 29.2 Å². The van der Waals surface area contributed by atoms with Crippen LogP contribution >= 0.6 is 0 Å². The molecule has 0 heterocycles. The van der Waals surface area contributed by atoms with Gasteiger partial charge in [-0.3, -0.25) is 0 Å². The van der Waals surface area contributed by atoms with E-state index in [-0.39, 0.29) is 11.9 Å². The third-order valence-electron chi connectivity index (χ3n) is 3.18. The number of hydrogen-bond donors (Lipinski definition) is 1. The molecule has 0 saturated heterocycles. The number of hydrogen-bond acceptors (Lipinski definition) is 3. The highest BCUT2D eigenvalue weighted by molar-refractivity contribution is 5.54. The molecule has 0 radical (unpaired) electrons. The monoisotopic (exact) mass is 253 g/mol. The first-order valence-corrected chi connectivity index (χ1v) is 6.28. The second-order valence-electron chi connectivity index (χ2n) is 4.94. The van der Waals surface area contributed by atoms with Gasteiger partial charge in [0, 0.05) is 31.9 Å². The summed E-state index contributed by atoms with van der Waals surface area (Å²) in [6.07, 6.45) is 0. The van der Waals surface area contributed by atoms with Crippen molar-refractivity contribution in [1.82, 2.24) is 10.2 Å². The van der Waals surface area contributed by atoms with Crippen LogP contribution < -0.4 is 10.2 Å².